The smallest absolute Gasteiger partial charge is 0.265 e. The zero-order valence-electron chi connectivity index (χ0n) is 10.1. The molecule has 1 N–H and O–H groups in total. The Morgan fingerprint density at radius 2 is 2.24 bits per heavy atom. The van der Waals surface area contributed by atoms with Crippen molar-refractivity contribution in [3.8, 4) is 5.88 Å². The van der Waals surface area contributed by atoms with Crippen LogP contribution in [0.5, 0.6) is 5.88 Å². The molecule has 0 aliphatic heterocycles. The maximum absolute atomic E-state index is 12.2. The van der Waals surface area contributed by atoms with Crippen LogP contribution in [-0.4, -0.2) is 14.5 Å². The number of aromatic nitrogens is 2. The summed E-state index contributed by atoms with van der Waals surface area (Å²) in [5.74, 6) is -0.112. The molecule has 0 aromatic carbocycles. The van der Waals surface area contributed by atoms with Gasteiger partial charge in [-0.2, -0.15) is 4.98 Å². The van der Waals surface area contributed by atoms with Crippen LogP contribution in [0.3, 0.4) is 0 Å². The summed E-state index contributed by atoms with van der Waals surface area (Å²) in [4.78, 5) is 16.3. The van der Waals surface area contributed by atoms with E-state index in [4.69, 9.17) is 0 Å². The number of pyridine rings is 1. The summed E-state index contributed by atoms with van der Waals surface area (Å²) in [6, 6.07) is 5.27. The summed E-state index contributed by atoms with van der Waals surface area (Å²) in [7, 11) is 0. The van der Waals surface area contributed by atoms with Crippen LogP contribution in [0.25, 0.3) is 5.65 Å². The first-order valence-corrected chi connectivity index (χ1v) is 5.85. The number of hydrogen-bond acceptors (Lipinski definition) is 3. The SMILES string of the molecule is CCCC(C)c1c(O)nc2ccccn2c1=O. The van der Waals surface area contributed by atoms with Crippen molar-refractivity contribution in [1.82, 2.24) is 9.38 Å². The van der Waals surface area contributed by atoms with Gasteiger partial charge in [0.1, 0.15) is 5.65 Å². The van der Waals surface area contributed by atoms with Gasteiger partial charge in [-0.25, -0.2) is 0 Å². The fourth-order valence-corrected chi connectivity index (χ4v) is 2.10. The highest BCUT2D eigenvalue weighted by atomic mass is 16.3. The van der Waals surface area contributed by atoms with Gasteiger partial charge in [-0.1, -0.05) is 26.3 Å². The van der Waals surface area contributed by atoms with Gasteiger partial charge in [-0.15, -0.1) is 0 Å². The Labute approximate surface area is 99.6 Å². The largest absolute Gasteiger partial charge is 0.493 e. The molecule has 1 unspecified atom stereocenters. The number of nitrogens with zero attached hydrogens (tertiary/aromatic N) is 2. The summed E-state index contributed by atoms with van der Waals surface area (Å²) in [5.41, 5.74) is 0.715. The molecule has 17 heavy (non-hydrogen) atoms. The van der Waals surface area contributed by atoms with Crippen LogP contribution < -0.4 is 5.56 Å². The summed E-state index contributed by atoms with van der Waals surface area (Å²) in [6.07, 6.45) is 3.51. The van der Waals surface area contributed by atoms with Gasteiger partial charge < -0.3 is 5.11 Å². The molecule has 2 aromatic rings. The molecule has 0 saturated carbocycles. The Balaban J connectivity index is 2.68. The number of fused-ring (bicyclic) bond motifs is 1. The van der Waals surface area contributed by atoms with Gasteiger partial charge in [-0.3, -0.25) is 9.20 Å². The van der Waals surface area contributed by atoms with E-state index in [9.17, 15) is 9.90 Å². The topological polar surface area (TPSA) is 54.6 Å². The van der Waals surface area contributed by atoms with Gasteiger partial charge >= 0.3 is 0 Å². The predicted octanol–water partition coefficient (Wildman–Crippen LogP) is 2.30. The third-order valence-electron chi connectivity index (χ3n) is 2.96. The van der Waals surface area contributed by atoms with Crippen LogP contribution in [0.4, 0.5) is 0 Å². The summed E-state index contributed by atoms with van der Waals surface area (Å²) < 4.78 is 1.47. The fraction of sp³-hybridized carbons (Fsp3) is 0.385. The molecule has 2 heterocycles. The van der Waals surface area contributed by atoms with Crippen LogP contribution >= 0.6 is 0 Å². The molecule has 2 aromatic heterocycles. The highest BCUT2D eigenvalue weighted by molar-refractivity contribution is 5.43. The van der Waals surface area contributed by atoms with E-state index < -0.39 is 0 Å². The zero-order chi connectivity index (χ0) is 12.4. The van der Waals surface area contributed by atoms with Crippen LogP contribution in [0, 0.1) is 0 Å². The Morgan fingerprint density at radius 3 is 2.94 bits per heavy atom. The minimum absolute atomic E-state index is 0.0251. The lowest BCUT2D eigenvalue weighted by Crippen LogP contribution is -2.21. The van der Waals surface area contributed by atoms with Gasteiger partial charge in [0.2, 0.25) is 5.88 Å². The van der Waals surface area contributed by atoms with Crippen LogP contribution in [0.1, 0.15) is 38.2 Å². The maximum atomic E-state index is 12.2. The molecule has 0 amide bonds. The van der Waals surface area contributed by atoms with E-state index in [-0.39, 0.29) is 17.4 Å². The van der Waals surface area contributed by atoms with E-state index in [1.54, 1.807) is 24.4 Å². The second-order valence-corrected chi connectivity index (χ2v) is 4.27. The molecule has 1 atom stereocenters. The molecule has 0 aliphatic rings. The number of rotatable bonds is 3. The second-order valence-electron chi connectivity index (χ2n) is 4.27. The molecule has 0 bridgehead atoms. The second kappa shape index (κ2) is 4.57. The lowest BCUT2D eigenvalue weighted by molar-refractivity contribution is 0.436. The number of hydrogen-bond donors (Lipinski definition) is 1. The third kappa shape index (κ3) is 2.02. The maximum Gasteiger partial charge on any atom is 0.265 e. The van der Waals surface area contributed by atoms with Crippen LogP contribution in [-0.2, 0) is 0 Å². The molecule has 0 fully saturated rings. The van der Waals surface area contributed by atoms with E-state index in [2.05, 4.69) is 11.9 Å². The Morgan fingerprint density at radius 1 is 1.47 bits per heavy atom. The summed E-state index contributed by atoms with van der Waals surface area (Å²) in [6.45, 7) is 4.00. The molecular weight excluding hydrogens is 216 g/mol. The van der Waals surface area contributed by atoms with Crippen molar-refractivity contribution in [2.75, 3.05) is 0 Å². The molecule has 0 radical (unpaired) electrons. The molecule has 0 saturated heterocycles. The van der Waals surface area contributed by atoms with Gasteiger partial charge in [0.05, 0.1) is 5.56 Å². The Bertz CT molecular complexity index is 589. The third-order valence-corrected chi connectivity index (χ3v) is 2.96. The first-order valence-electron chi connectivity index (χ1n) is 5.85. The van der Waals surface area contributed by atoms with Gasteiger partial charge in [-0.05, 0) is 24.5 Å². The van der Waals surface area contributed by atoms with E-state index in [0.717, 1.165) is 12.8 Å². The quantitative estimate of drug-likeness (QED) is 0.883. The van der Waals surface area contributed by atoms with Crippen molar-refractivity contribution >= 4 is 5.65 Å². The lowest BCUT2D eigenvalue weighted by atomic mass is 9.98. The fourth-order valence-electron chi connectivity index (χ4n) is 2.10. The first kappa shape index (κ1) is 11.6. The average Bonchev–Trinajstić information content (AvgIpc) is 2.29. The average molecular weight is 232 g/mol. The molecule has 0 aliphatic carbocycles. The van der Waals surface area contributed by atoms with Crippen molar-refractivity contribution in [1.29, 1.82) is 0 Å². The highest BCUT2D eigenvalue weighted by Crippen LogP contribution is 2.24. The molecule has 4 heteroatoms. The molecular formula is C13H16N2O2. The minimum Gasteiger partial charge on any atom is -0.493 e. The van der Waals surface area contributed by atoms with Gasteiger partial charge in [0.15, 0.2) is 0 Å². The molecule has 2 rings (SSSR count). The molecule has 0 spiro atoms. The molecule has 4 nitrogen and oxygen atoms in total. The Hall–Kier alpha value is -1.84. The van der Waals surface area contributed by atoms with Crippen molar-refractivity contribution in [3.63, 3.8) is 0 Å². The Kier molecular flexibility index (Phi) is 3.13. The van der Waals surface area contributed by atoms with E-state index >= 15 is 0 Å². The lowest BCUT2D eigenvalue weighted by Gasteiger charge is -2.12. The summed E-state index contributed by atoms with van der Waals surface area (Å²) in [5, 5.41) is 9.86. The monoisotopic (exact) mass is 232 g/mol. The van der Waals surface area contributed by atoms with Crippen molar-refractivity contribution in [2.45, 2.75) is 32.6 Å². The van der Waals surface area contributed by atoms with Crippen molar-refractivity contribution < 1.29 is 5.11 Å². The minimum atomic E-state index is -0.172. The van der Waals surface area contributed by atoms with Crippen LogP contribution in [0.2, 0.25) is 0 Å². The van der Waals surface area contributed by atoms with Gasteiger partial charge in [0.25, 0.3) is 5.56 Å². The van der Waals surface area contributed by atoms with Gasteiger partial charge in [0, 0.05) is 6.20 Å². The van der Waals surface area contributed by atoms with E-state index in [0.29, 0.717) is 11.2 Å². The normalized spacial score (nSPS) is 12.8. The predicted molar refractivity (Wildman–Crippen MR) is 66.4 cm³/mol. The van der Waals surface area contributed by atoms with Crippen LogP contribution in [0.15, 0.2) is 29.2 Å². The van der Waals surface area contributed by atoms with E-state index in [1.165, 1.54) is 4.40 Å². The number of aromatic hydroxyl groups is 1. The molecule has 90 valence electrons. The standard InChI is InChI=1S/C13H16N2O2/c1-3-6-9(2)11-12(16)14-10-7-4-5-8-15(10)13(11)17/h4-5,7-9,16H,3,6H2,1-2H3. The highest BCUT2D eigenvalue weighted by Gasteiger charge is 2.17. The zero-order valence-corrected chi connectivity index (χ0v) is 10.1. The van der Waals surface area contributed by atoms with Crippen molar-refractivity contribution in [3.05, 3.63) is 40.3 Å². The van der Waals surface area contributed by atoms with E-state index in [1.807, 2.05) is 6.92 Å². The van der Waals surface area contributed by atoms with Crippen molar-refractivity contribution in [2.24, 2.45) is 0 Å². The summed E-state index contributed by atoms with van der Waals surface area (Å²) >= 11 is 0. The first-order chi connectivity index (χ1) is 8.15.